The minimum Gasteiger partial charge on any atom is -0.406 e. The van der Waals surface area contributed by atoms with Gasteiger partial charge in [0.05, 0.1) is 0 Å². The van der Waals surface area contributed by atoms with Crippen molar-refractivity contribution in [3.8, 4) is 5.75 Å². The summed E-state index contributed by atoms with van der Waals surface area (Å²) < 4.78 is 40.5. The molecule has 116 valence electrons. The van der Waals surface area contributed by atoms with Crippen LogP contribution in [0.5, 0.6) is 5.75 Å². The van der Waals surface area contributed by atoms with E-state index in [9.17, 15) is 18.0 Å². The molecule has 0 aromatic heterocycles. The summed E-state index contributed by atoms with van der Waals surface area (Å²) in [7, 11) is 0. The fourth-order valence-electron chi connectivity index (χ4n) is 2.32. The summed E-state index contributed by atoms with van der Waals surface area (Å²) >= 11 is 0. The molecule has 1 fully saturated rings. The average molecular weight is 302 g/mol. The van der Waals surface area contributed by atoms with Crippen LogP contribution in [0.2, 0.25) is 0 Å². The maximum atomic E-state index is 12.4. The van der Waals surface area contributed by atoms with E-state index in [1.54, 1.807) is 4.90 Å². The van der Waals surface area contributed by atoms with Crippen molar-refractivity contribution in [3.63, 3.8) is 0 Å². The molecular formula is C14H17F3N2O2. The number of piperazine rings is 1. The summed E-state index contributed by atoms with van der Waals surface area (Å²) in [5.74, 6) is -0.681. The number of nitrogens with one attached hydrogen (secondary N) is 1. The molecule has 0 aliphatic carbocycles. The van der Waals surface area contributed by atoms with Gasteiger partial charge in [-0.25, -0.2) is 0 Å². The van der Waals surface area contributed by atoms with E-state index in [-0.39, 0.29) is 22.8 Å². The lowest BCUT2D eigenvalue weighted by Crippen LogP contribution is -2.58. The van der Waals surface area contributed by atoms with Crippen molar-refractivity contribution in [3.05, 3.63) is 29.8 Å². The van der Waals surface area contributed by atoms with Crippen molar-refractivity contribution in [1.29, 1.82) is 0 Å². The number of benzene rings is 1. The zero-order valence-corrected chi connectivity index (χ0v) is 11.8. The van der Waals surface area contributed by atoms with Crippen LogP contribution in [-0.2, 0) is 0 Å². The molecule has 0 radical (unpaired) electrons. The van der Waals surface area contributed by atoms with Gasteiger partial charge in [0.2, 0.25) is 0 Å². The Balaban J connectivity index is 2.14. The van der Waals surface area contributed by atoms with Crippen LogP contribution >= 0.6 is 0 Å². The summed E-state index contributed by atoms with van der Waals surface area (Å²) in [4.78, 5) is 14.0. The molecule has 21 heavy (non-hydrogen) atoms. The molecular weight excluding hydrogens is 285 g/mol. The lowest BCUT2D eigenvalue weighted by Gasteiger charge is -2.39. The van der Waals surface area contributed by atoms with Crippen molar-refractivity contribution in [2.45, 2.75) is 25.7 Å². The van der Waals surface area contributed by atoms with Crippen LogP contribution in [0.25, 0.3) is 0 Å². The molecule has 0 atom stereocenters. The van der Waals surface area contributed by atoms with Gasteiger partial charge < -0.3 is 15.0 Å². The van der Waals surface area contributed by atoms with Gasteiger partial charge >= 0.3 is 6.36 Å². The highest BCUT2D eigenvalue weighted by atomic mass is 19.4. The Bertz CT molecular complexity index is 529. The second kappa shape index (κ2) is 5.55. The first-order chi connectivity index (χ1) is 9.66. The van der Waals surface area contributed by atoms with E-state index in [2.05, 4.69) is 10.1 Å². The normalized spacial score (nSPS) is 18.4. The van der Waals surface area contributed by atoms with Gasteiger partial charge in [-0.2, -0.15) is 0 Å². The number of rotatable bonds is 2. The van der Waals surface area contributed by atoms with Crippen LogP contribution in [0.3, 0.4) is 0 Å². The smallest absolute Gasteiger partial charge is 0.406 e. The van der Waals surface area contributed by atoms with Crippen LogP contribution in [0.1, 0.15) is 24.2 Å². The Labute approximate surface area is 120 Å². The topological polar surface area (TPSA) is 41.6 Å². The molecule has 1 saturated heterocycles. The molecule has 7 heteroatoms. The Morgan fingerprint density at radius 1 is 1.38 bits per heavy atom. The van der Waals surface area contributed by atoms with Crippen LogP contribution in [0.15, 0.2) is 24.3 Å². The quantitative estimate of drug-likeness (QED) is 0.912. The third kappa shape index (κ3) is 4.35. The summed E-state index contributed by atoms with van der Waals surface area (Å²) in [6, 6.07) is 5.15. The Kier molecular flexibility index (Phi) is 4.13. The number of halogens is 3. The van der Waals surface area contributed by atoms with E-state index in [1.165, 1.54) is 18.2 Å². The monoisotopic (exact) mass is 302 g/mol. The van der Waals surface area contributed by atoms with Gasteiger partial charge in [-0.1, -0.05) is 6.07 Å². The summed E-state index contributed by atoms with van der Waals surface area (Å²) in [5.41, 5.74) is -0.0250. The molecule has 0 unspecified atom stereocenters. The SMILES string of the molecule is CC1(C)CN(C(=O)c2cccc(OC(F)(F)F)c2)CCN1. The maximum Gasteiger partial charge on any atom is 0.573 e. The number of nitrogens with zero attached hydrogens (tertiary/aromatic N) is 1. The Morgan fingerprint density at radius 3 is 2.71 bits per heavy atom. The molecule has 1 amide bonds. The highest BCUT2D eigenvalue weighted by Crippen LogP contribution is 2.24. The first kappa shape index (κ1) is 15.6. The number of carbonyl (C=O) groups is 1. The second-order valence-corrected chi connectivity index (χ2v) is 5.61. The third-order valence-corrected chi connectivity index (χ3v) is 3.17. The van der Waals surface area contributed by atoms with Gasteiger partial charge in [-0.05, 0) is 32.0 Å². The van der Waals surface area contributed by atoms with E-state index in [4.69, 9.17) is 0 Å². The summed E-state index contributed by atoms with van der Waals surface area (Å²) in [6.07, 6.45) is -4.77. The van der Waals surface area contributed by atoms with Gasteiger partial charge in [0, 0.05) is 30.7 Å². The highest BCUT2D eigenvalue weighted by Gasteiger charge is 2.32. The second-order valence-electron chi connectivity index (χ2n) is 5.61. The third-order valence-electron chi connectivity index (χ3n) is 3.17. The minimum absolute atomic E-state index is 0.189. The number of hydrogen-bond donors (Lipinski definition) is 1. The largest absolute Gasteiger partial charge is 0.573 e. The van der Waals surface area contributed by atoms with Gasteiger partial charge in [-0.3, -0.25) is 4.79 Å². The fourth-order valence-corrected chi connectivity index (χ4v) is 2.32. The number of carbonyl (C=O) groups excluding carboxylic acids is 1. The van der Waals surface area contributed by atoms with Crippen molar-refractivity contribution in [1.82, 2.24) is 10.2 Å². The molecule has 0 saturated carbocycles. The molecule has 1 aliphatic rings. The maximum absolute atomic E-state index is 12.4. The van der Waals surface area contributed by atoms with Crippen LogP contribution in [0.4, 0.5) is 13.2 Å². The number of alkyl halides is 3. The van der Waals surface area contributed by atoms with E-state index >= 15 is 0 Å². The van der Waals surface area contributed by atoms with E-state index in [0.717, 1.165) is 6.07 Å². The molecule has 2 rings (SSSR count). The first-order valence-electron chi connectivity index (χ1n) is 6.56. The predicted molar refractivity (Wildman–Crippen MR) is 71.1 cm³/mol. The highest BCUT2D eigenvalue weighted by molar-refractivity contribution is 5.94. The molecule has 1 aliphatic heterocycles. The van der Waals surface area contributed by atoms with Crippen molar-refractivity contribution in [2.75, 3.05) is 19.6 Å². The number of hydrogen-bond acceptors (Lipinski definition) is 3. The molecule has 1 aromatic carbocycles. The Morgan fingerprint density at radius 2 is 2.10 bits per heavy atom. The van der Waals surface area contributed by atoms with Crippen molar-refractivity contribution < 1.29 is 22.7 Å². The lowest BCUT2D eigenvalue weighted by atomic mass is 10.0. The molecule has 1 aromatic rings. The number of ether oxygens (including phenoxy) is 1. The van der Waals surface area contributed by atoms with Gasteiger partial charge in [-0.15, -0.1) is 13.2 Å². The van der Waals surface area contributed by atoms with Gasteiger partial charge in [0.15, 0.2) is 0 Å². The summed E-state index contributed by atoms with van der Waals surface area (Å²) in [5, 5.41) is 3.27. The Hall–Kier alpha value is -1.76. The molecule has 0 bridgehead atoms. The summed E-state index contributed by atoms with van der Waals surface area (Å²) in [6.45, 7) is 5.60. The predicted octanol–water partition coefficient (Wildman–Crippen LogP) is 2.41. The molecule has 1 N–H and O–H groups in total. The minimum atomic E-state index is -4.77. The first-order valence-corrected chi connectivity index (χ1v) is 6.56. The average Bonchev–Trinajstić information content (AvgIpc) is 2.35. The van der Waals surface area contributed by atoms with Crippen LogP contribution < -0.4 is 10.1 Å². The molecule has 1 heterocycles. The van der Waals surface area contributed by atoms with E-state index in [1.807, 2.05) is 13.8 Å². The van der Waals surface area contributed by atoms with Gasteiger partial charge in [0.1, 0.15) is 5.75 Å². The molecule has 4 nitrogen and oxygen atoms in total. The van der Waals surface area contributed by atoms with Crippen molar-refractivity contribution >= 4 is 5.91 Å². The van der Waals surface area contributed by atoms with E-state index < -0.39 is 6.36 Å². The zero-order valence-electron chi connectivity index (χ0n) is 11.8. The van der Waals surface area contributed by atoms with Crippen molar-refractivity contribution in [2.24, 2.45) is 0 Å². The van der Waals surface area contributed by atoms with Gasteiger partial charge in [0.25, 0.3) is 5.91 Å². The lowest BCUT2D eigenvalue weighted by molar-refractivity contribution is -0.274. The number of amides is 1. The van der Waals surface area contributed by atoms with Crippen LogP contribution in [0, 0.1) is 0 Å². The molecule has 0 spiro atoms. The zero-order chi connectivity index (χ0) is 15.7. The fraction of sp³-hybridized carbons (Fsp3) is 0.500. The van der Waals surface area contributed by atoms with E-state index in [0.29, 0.717) is 19.6 Å². The van der Waals surface area contributed by atoms with Crippen LogP contribution in [-0.4, -0.2) is 42.3 Å². The standard InChI is InChI=1S/C14H17F3N2O2/c1-13(2)9-19(7-6-18-13)12(20)10-4-3-5-11(8-10)21-14(15,16)17/h3-5,8,18H,6-7,9H2,1-2H3.